The lowest BCUT2D eigenvalue weighted by molar-refractivity contribution is -0.387. The number of benzene rings is 2. The number of hydrogen-bond donors (Lipinski definition) is 1. The molecule has 1 aliphatic carbocycles. The number of fused-ring (bicyclic) bond motifs is 1. The zero-order valence-corrected chi connectivity index (χ0v) is 22.7. The summed E-state index contributed by atoms with van der Waals surface area (Å²) in [7, 11) is 0. The first-order chi connectivity index (χ1) is 18.3. The van der Waals surface area contributed by atoms with E-state index in [9.17, 15) is 25.0 Å². The van der Waals surface area contributed by atoms with Gasteiger partial charge in [0, 0.05) is 20.9 Å². The number of anilines is 1. The van der Waals surface area contributed by atoms with E-state index in [1.165, 1.54) is 35.2 Å². The van der Waals surface area contributed by atoms with Gasteiger partial charge in [-0.05, 0) is 80.1 Å². The van der Waals surface area contributed by atoms with Crippen LogP contribution in [-0.4, -0.2) is 23.4 Å². The predicted molar refractivity (Wildman–Crippen MR) is 148 cm³/mol. The van der Waals surface area contributed by atoms with Crippen molar-refractivity contribution in [2.75, 3.05) is 11.9 Å². The summed E-state index contributed by atoms with van der Waals surface area (Å²) in [6, 6.07) is 13.3. The van der Waals surface area contributed by atoms with E-state index in [4.69, 9.17) is 16.3 Å². The van der Waals surface area contributed by atoms with Crippen molar-refractivity contribution in [3.8, 4) is 6.07 Å². The van der Waals surface area contributed by atoms with Crippen LogP contribution < -0.4 is 5.32 Å². The minimum absolute atomic E-state index is 0.160. The fourth-order valence-corrected chi connectivity index (χ4v) is 6.34. The van der Waals surface area contributed by atoms with Crippen LogP contribution in [0.4, 0.5) is 10.7 Å². The van der Waals surface area contributed by atoms with E-state index in [2.05, 4.69) is 5.32 Å². The van der Waals surface area contributed by atoms with Gasteiger partial charge in [0.25, 0.3) is 11.6 Å². The van der Waals surface area contributed by atoms with Gasteiger partial charge in [0.15, 0.2) is 0 Å². The molecule has 0 radical (unpaired) electrons. The molecule has 194 valence electrons. The lowest BCUT2D eigenvalue weighted by Gasteiger charge is -2.12. The van der Waals surface area contributed by atoms with Crippen LogP contribution in [0.2, 0.25) is 5.02 Å². The number of nitriles is 1. The van der Waals surface area contributed by atoms with Crippen LogP contribution in [0.1, 0.15) is 46.1 Å². The van der Waals surface area contributed by atoms with Gasteiger partial charge >= 0.3 is 5.97 Å². The summed E-state index contributed by atoms with van der Waals surface area (Å²) in [6.07, 6.45) is 4.76. The van der Waals surface area contributed by atoms with Crippen molar-refractivity contribution in [3.63, 3.8) is 0 Å². The molecule has 0 spiro atoms. The molecule has 0 atom stereocenters. The third-order valence-electron chi connectivity index (χ3n) is 5.78. The Kier molecular flexibility index (Phi) is 8.84. The molecule has 0 saturated carbocycles. The monoisotopic (exact) mass is 567 g/mol. The van der Waals surface area contributed by atoms with E-state index in [-0.39, 0.29) is 17.9 Å². The van der Waals surface area contributed by atoms with E-state index in [0.717, 1.165) is 41.0 Å². The zero-order valence-electron chi connectivity index (χ0n) is 20.3. The topological polar surface area (TPSA) is 122 Å². The van der Waals surface area contributed by atoms with Crippen LogP contribution in [0.25, 0.3) is 6.08 Å². The minimum atomic E-state index is -0.709. The van der Waals surface area contributed by atoms with Gasteiger partial charge in [0.1, 0.15) is 16.6 Å². The molecular weight excluding hydrogens is 546 g/mol. The Labute approximate surface area is 232 Å². The number of nitrogens with zero attached hydrogens (tertiary/aromatic N) is 2. The first-order valence-electron chi connectivity index (χ1n) is 11.8. The molecule has 1 amide bonds. The summed E-state index contributed by atoms with van der Waals surface area (Å²) in [5, 5.41) is 25.1. The Bertz CT molecular complexity index is 1480. The molecule has 0 fully saturated rings. The third-order valence-corrected chi connectivity index (χ3v) is 8.31. The van der Waals surface area contributed by atoms with Gasteiger partial charge in [-0.2, -0.15) is 5.26 Å². The number of esters is 1. The molecule has 1 aliphatic rings. The van der Waals surface area contributed by atoms with Crippen LogP contribution in [0.3, 0.4) is 0 Å². The first-order valence-corrected chi connectivity index (χ1v) is 13.8. The largest absolute Gasteiger partial charge is 0.462 e. The lowest BCUT2D eigenvalue weighted by atomic mass is 9.95. The number of nitro groups is 1. The molecule has 1 heterocycles. The van der Waals surface area contributed by atoms with E-state index in [1.807, 2.05) is 6.07 Å². The number of carbonyl (C=O) groups excluding carboxylic acids is 2. The second-order valence-electron chi connectivity index (χ2n) is 8.30. The standard InChI is InChI=1S/C27H22ClN3O5S2/c1-2-36-27(33)24-20-5-3-4-6-22(20)38-26(24)30-25(32)17(15-29)13-16-7-12-23(21(14-16)31(34)35)37-19-10-8-18(28)9-11-19/h7-14H,2-6H2,1H3,(H,30,32). The predicted octanol–water partition coefficient (Wildman–Crippen LogP) is 7.06. The van der Waals surface area contributed by atoms with Crippen molar-refractivity contribution in [1.29, 1.82) is 5.26 Å². The average molecular weight is 568 g/mol. The van der Waals surface area contributed by atoms with Crippen molar-refractivity contribution in [2.24, 2.45) is 0 Å². The van der Waals surface area contributed by atoms with E-state index >= 15 is 0 Å². The fourth-order valence-electron chi connectivity index (χ4n) is 4.04. The highest BCUT2D eigenvalue weighted by Crippen LogP contribution is 2.39. The number of aryl methyl sites for hydroxylation is 1. The maximum absolute atomic E-state index is 13.1. The maximum atomic E-state index is 13.1. The van der Waals surface area contributed by atoms with Gasteiger partial charge in [0.2, 0.25) is 0 Å². The molecule has 0 saturated heterocycles. The molecule has 0 bridgehead atoms. The number of nitro benzene ring substituents is 1. The second-order valence-corrected chi connectivity index (χ2v) is 11.0. The molecule has 0 unspecified atom stereocenters. The van der Waals surface area contributed by atoms with Crippen LogP contribution in [0.5, 0.6) is 0 Å². The van der Waals surface area contributed by atoms with Gasteiger partial charge in [-0.25, -0.2) is 4.79 Å². The molecule has 4 rings (SSSR count). The molecule has 1 N–H and O–H groups in total. The highest BCUT2D eigenvalue weighted by Gasteiger charge is 2.28. The van der Waals surface area contributed by atoms with Gasteiger partial charge in [0.05, 0.1) is 22.0 Å². The summed E-state index contributed by atoms with van der Waals surface area (Å²) >= 11 is 8.44. The Morgan fingerprint density at radius 1 is 1.24 bits per heavy atom. The molecule has 38 heavy (non-hydrogen) atoms. The van der Waals surface area contributed by atoms with Gasteiger partial charge < -0.3 is 10.1 Å². The zero-order chi connectivity index (χ0) is 27.2. The molecule has 11 heteroatoms. The number of amides is 1. The number of rotatable bonds is 8. The van der Waals surface area contributed by atoms with Crippen molar-refractivity contribution in [3.05, 3.63) is 84.7 Å². The van der Waals surface area contributed by atoms with Crippen LogP contribution in [0.15, 0.2) is 57.8 Å². The Morgan fingerprint density at radius 3 is 2.66 bits per heavy atom. The van der Waals surface area contributed by atoms with E-state index in [0.29, 0.717) is 26.0 Å². The Hall–Kier alpha value is -3.65. The molecule has 1 aromatic heterocycles. The number of thiophene rings is 1. The van der Waals surface area contributed by atoms with Crippen LogP contribution >= 0.6 is 34.7 Å². The summed E-state index contributed by atoms with van der Waals surface area (Å²) in [5.74, 6) is -1.21. The average Bonchev–Trinajstić information content (AvgIpc) is 3.27. The van der Waals surface area contributed by atoms with Crippen molar-refractivity contribution in [2.45, 2.75) is 42.4 Å². The van der Waals surface area contributed by atoms with Crippen LogP contribution in [0, 0.1) is 21.4 Å². The normalized spacial score (nSPS) is 12.8. The molecule has 2 aromatic carbocycles. The maximum Gasteiger partial charge on any atom is 0.341 e. The van der Waals surface area contributed by atoms with Crippen molar-refractivity contribution in [1.82, 2.24) is 0 Å². The summed E-state index contributed by atoms with van der Waals surface area (Å²) < 4.78 is 5.22. The SMILES string of the molecule is CCOC(=O)c1c(NC(=O)C(C#N)=Cc2ccc(Sc3ccc(Cl)cc3)c([N+](=O)[O-])c2)sc2c1CCCC2. The Morgan fingerprint density at radius 2 is 1.97 bits per heavy atom. The number of halogens is 1. The number of carbonyl (C=O) groups is 2. The van der Waals surface area contributed by atoms with Crippen molar-refractivity contribution < 1.29 is 19.2 Å². The smallest absolute Gasteiger partial charge is 0.341 e. The van der Waals surface area contributed by atoms with E-state index in [1.54, 1.807) is 43.3 Å². The number of hydrogen-bond acceptors (Lipinski definition) is 8. The minimum Gasteiger partial charge on any atom is -0.462 e. The lowest BCUT2D eigenvalue weighted by Crippen LogP contribution is -2.16. The third kappa shape index (κ3) is 6.25. The van der Waals surface area contributed by atoms with Gasteiger partial charge in [-0.1, -0.05) is 29.4 Å². The summed E-state index contributed by atoms with van der Waals surface area (Å²) in [4.78, 5) is 39.2. The fraction of sp³-hybridized carbons (Fsp3) is 0.222. The summed E-state index contributed by atoms with van der Waals surface area (Å²) in [5.41, 5.74) is 1.14. The number of nitrogens with one attached hydrogen (secondary N) is 1. The number of ether oxygens (including phenoxy) is 1. The highest BCUT2D eigenvalue weighted by atomic mass is 35.5. The van der Waals surface area contributed by atoms with Crippen LogP contribution in [-0.2, 0) is 22.4 Å². The summed E-state index contributed by atoms with van der Waals surface area (Å²) in [6.45, 7) is 1.91. The molecule has 8 nitrogen and oxygen atoms in total. The molecular formula is C27H22ClN3O5S2. The highest BCUT2D eigenvalue weighted by molar-refractivity contribution is 7.99. The first kappa shape index (κ1) is 27.4. The molecule has 0 aliphatic heterocycles. The molecule has 3 aromatic rings. The Balaban J connectivity index is 1.61. The van der Waals surface area contributed by atoms with E-state index < -0.39 is 16.8 Å². The van der Waals surface area contributed by atoms with Gasteiger partial charge in [-0.15, -0.1) is 11.3 Å². The quantitative estimate of drug-likeness (QED) is 0.102. The van der Waals surface area contributed by atoms with Crippen molar-refractivity contribution >= 4 is 63.3 Å². The second kappa shape index (κ2) is 12.3. The van der Waals surface area contributed by atoms with Gasteiger partial charge in [-0.3, -0.25) is 14.9 Å².